The number of likely N-dealkylation sites (N-methyl/N-ethyl adjacent to an activating group) is 1. The number of unbranched alkanes of at least 4 members (excludes halogenated alkanes) is 2. The summed E-state index contributed by atoms with van der Waals surface area (Å²) in [6, 6.07) is 15.7. The number of amides is 2. The Balaban J connectivity index is 1.56. The molecular formula is C30H41N3O6. The van der Waals surface area contributed by atoms with Gasteiger partial charge in [-0.1, -0.05) is 61.0 Å². The molecule has 0 saturated carbocycles. The van der Waals surface area contributed by atoms with Crippen molar-refractivity contribution in [1.82, 2.24) is 15.7 Å². The van der Waals surface area contributed by atoms with E-state index in [1.807, 2.05) is 61.7 Å². The molecule has 9 heteroatoms. The van der Waals surface area contributed by atoms with Crippen molar-refractivity contribution >= 4 is 11.8 Å². The third kappa shape index (κ3) is 10.2. The van der Waals surface area contributed by atoms with Crippen LogP contribution in [0, 0.1) is 0 Å². The maximum Gasteiger partial charge on any atom is 0.243 e. The molecule has 0 unspecified atom stereocenters. The first-order valence-corrected chi connectivity index (χ1v) is 13.5. The van der Waals surface area contributed by atoms with Gasteiger partial charge < -0.3 is 24.8 Å². The predicted molar refractivity (Wildman–Crippen MR) is 147 cm³/mol. The quantitative estimate of drug-likeness (QED) is 0.117. The standard InChI is InChI=1S/C30H41N3O6/c1-3-17-33(2)20-26-18-27(24-13-11-23(21-34)12-14-24)39-30(38-26)25-15-9-22(10-16-25)19-31-28(35)7-5-4-6-8-29(36)32-37/h3,9-16,26-27,30,34,37H,1,4-8,17-21H2,2H3,(H,31,35)(H,32,36)/t26-,27+,30+/m1/s1. The summed E-state index contributed by atoms with van der Waals surface area (Å²) in [5, 5.41) is 20.8. The Labute approximate surface area is 230 Å². The van der Waals surface area contributed by atoms with Crippen LogP contribution in [0.5, 0.6) is 0 Å². The summed E-state index contributed by atoms with van der Waals surface area (Å²) in [4.78, 5) is 25.4. The molecule has 1 heterocycles. The third-order valence-electron chi connectivity index (χ3n) is 6.74. The number of carbonyl (C=O) groups is 2. The Morgan fingerprint density at radius 3 is 2.26 bits per heavy atom. The van der Waals surface area contributed by atoms with E-state index in [0.29, 0.717) is 25.8 Å². The second kappa shape index (κ2) is 16.1. The van der Waals surface area contributed by atoms with Crippen molar-refractivity contribution in [1.29, 1.82) is 0 Å². The van der Waals surface area contributed by atoms with E-state index in [4.69, 9.17) is 14.7 Å². The smallest absolute Gasteiger partial charge is 0.243 e. The summed E-state index contributed by atoms with van der Waals surface area (Å²) >= 11 is 0. The molecule has 3 atom stereocenters. The number of carbonyl (C=O) groups excluding carboxylic acids is 2. The Kier molecular flexibility index (Phi) is 12.6. The molecule has 9 nitrogen and oxygen atoms in total. The molecule has 39 heavy (non-hydrogen) atoms. The van der Waals surface area contributed by atoms with Gasteiger partial charge in [-0.3, -0.25) is 14.8 Å². The molecular weight excluding hydrogens is 498 g/mol. The molecule has 0 radical (unpaired) electrons. The minimum atomic E-state index is -0.528. The molecule has 3 rings (SSSR count). The fraction of sp³-hybridized carbons (Fsp3) is 0.467. The molecule has 1 fully saturated rings. The number of nitrogens with zero attached hydrogens (tertiary/aromatic N) is 1. The fourth-order valence-electron chi connectivity index (χ4n) is 4.56. The van der Waals surface area contributed by atoms with Gasteiger partial charge in [-0.15, -0.1) is 6.58 Å². The van der Waals surface area contributed by atoms with Crippen LogP contribution in [0.4, 0.5) is 0 Å². The van der Waals surface area contributed by atoms with E-state index in [9.17, 15) is 14.7 Å². The maximum atomic E-state index is 12.2. The Morgan fingerprint density at radius 2 is 1.62 bits per heavy atom. The van der Waals surface area contributed by atoms with Gasteiger partial charge in [-0.2, -0.15) is 0 Å². The highest BCUT2D eigenvalue weighted by atomic mass is 16.7. The first-order chi connectivity index (χ1) is 18.9. The zero-order valence-electron chi connectivity index (χ0n) is 22.7. The van der Waals surface area contributed by atoms with Crippen LogP contribution < -0.4 is 10.8 Å². The summed E-state index contributed by atoms with van der Waals surface area (Å²) in [5.41, 5.74) is 5.40. The zero-order chi connectivity index (χ0) is 28.0. The van der Waals surface area contributed by atoms with Gasteiger partial charge in [0.2, 0.25) is 11.8 Å². The molecule has 212 valence electrons. The van der Waals surface area contributed by atoms with E-state index in [-0.39, 0.29) is 31.1 Å². The number of hydrogen-bond donors (Lipinski definition) is 4. The summed E-state index contributed by atoms with van der Waals surface area (Å²) in [6.45, 7) is 5.77. The van der Waals surface area contributed by atoms with Crippen LogP contribution in [0.25, 0.3) is 0 Å². The lowest BCUT2D eigenvalue weighted by molar-refractivity contribution is -0.252. The molecule has 2 aromatic rings. The van der Waals surface area contributed by atoms with Gasteiger partial charge in [-0.05, 0) is 36.6 Å². The second-order valence-corrected chi connectivity index (χ2v) is 9.97. The summed E-state index contributed by atoms with van der Waals surface area (Å²) in [5.74, 6) is -0.444. The van der Waals surface area contributed by atoms with Crippen LogP contribution >= 0.6 is 0 Å². The van der Waals surface area contributed by atoms with Crippen molar-refractivity contribution in [2.45, 2.75) is 70.2 Å². The highest BCUT2D eigenvalue weighted by molar-refractivity contribution is 5.76. The van der Waals surface area contributed by atoms with Crippen LogP contribution in [0.1, 0.15) is 73.2 Å². The molecule has 1 saturated heterocycles. The molecule has 0 aromatic heterocycles. The van der Waals surface area contributed by atoms with Crippen LogP contribution in [0.3, 0.4) is 0 Å². The van der Waals surface area contributed by atoms with Crippen molar-refractivity contribution in [3.05, 3.63) is 83.4 Å². The van der Waals surface area contributed by atoms with Crippen molar-refractivity contribution in [2.24, 2.45) is 0 Å². The highest BCUT2D eigenvalue weighted by Crippen LogP contribution is 2.38. The molecule has 2 amide bonds. The number of hydrogen-bond acceptors (Lipinski definition) is 7. The average molecular weight is 540 g/mol. The molecule has 0 bridgehead atoms. The minimum Gasteiger partial charge on any atom is -0.392 e. The van der Waals surface area contributed by atoms with E-state index >= 15 is 0 Å². The van der Waals surface area contributed by atoms with E-state index < -0.39 is 12.2 Å². The monoisotopic (exact) mass is 539 g/mol. The lowest BCUT2D eigenvalue weighted by atomic mass is 9.99. The highest BCUT2D eigenvalue weighted by Gasteiger charge is 2.32. The van der Waals surface area contributed by atoms with Gasteiger partial charge in [0, 0.05) is 44.5 Å². The summed E-state index contributed by atoms with van der Waals surface area (Å²) < 4.78 is 12.8. The first-order valence-electron chi connectivity index (χ1n) is 13.5. The van der Waals surface area contributed by atoms with E-state index in [1.165, 1.54) is 0 Å². The lowest BCUT2D eigenvalue weighted by Gasteiger charge is -2.37. The minimum absolute atomic E-state index is 0.00478. The van der Waals surface area contributed by atoms with Gasteiger partial charge in [0.05, 0.1) is 18.8 Å². The van der Waals surface area contributed by atoms with Gasteiger partial charge >= 0.3 is 0 Å². The molecule has 4 N–H and O–H groups in total. The Hall–Kier alpha value is -3.08. The molecule has 0 spiro atoms. The normalized spacial score (nSPS) is 19.0. The number of benzene rings is 2. The number of hydroxylamine groups is 1. The van der Waals surface area contributed by atoms with Crippen LogP contribution in [0.15, 0.2) is 61.2 Å². The Morgan fingerprint density at radius 1 is 0.974 bits per heavy atom. The lowest BCUT2D eigenvalue weighted by Crippen LogP contribution is -2.37. The second-order valence-electron chi connectivity index (χ2n) is 9.97. The number of nitrogens with one attached hydrogen (secondary N) is 2. The van der Waals surface area contributed by atoms with Crippen LogP contribution in [-0.2, 0) is 32.2 Å². The zero-order valence-corrected chi connectivity index (χ0v) is 22.7. The van der Waals surface area contributed by atoms with Crippen molar-refractivity contribution in [2.75, 3.05) is 20.1 Å². The fourth-order valence-corrected chi connectivity index (χ4v) is 4.56. The molecule has 0 aliphatic carbocycles. The Bertz CT molecular complexity index is 1040. The van der Waals surface area contributed by atoms with Crippen molar-refractivity contribution < 1.29 is 29.4 Å². The van der Waals surface area contributed by atoms with Crippen LogP contribution in [0.2, 0.25) is 0 Å². The summed E-state index contributed by atoms with van der Waals surface area (Å²) in [6.07, 6.45) is 4.59. The maximum absolute atomic E-state index is 12.2. The first kappa shape index (κ1) is 30.5. The molecule has 1 aliphatic rings. The van der Waals surface area contributed by atoms with E-state index in [2.05, 4.69) is 16.8 Å². The summed E-state index contributed by atoms with van der Waals surface area (Å²) in [7, 11) is 2.04. The van der Waals surface area contributed by atoms with E-state index in [0.717, 1.165) is 48.2 Å². The van der Waals surface area contributed by atoms with Gasteiger partial charge in [0.25, 0.3) is 0 Å². The number of ether oxygens (including phenoxy) is 2. The van der Waals surface area contributed by atoms with Gasteiger partial charge in [-0.25, -0.2) is 5.48 Å². The van der Waals surface area contributed by atoms with Gasteiger partial charge in [0.1, 0.15) is 0 Å². The third-order valence-corrected chi connectivity index (χ3v) is 6.74. The van der Waals surface area contributed by atoms with E-state index in [1.54, 1.807) is 5.48 Å². The molecule has 2 aromatic carbocycles. The topological polar surface area (TPSA) is 120 Å². The number of aliphatic hydroxyl groups is 1. The number of aliphatic hydroxyl groups excluding tert-OH is 1. The van der Waals surface area contributed by atoms with Gasteiger partial charge in [0.15, 0.2) is 6.29 Å². The van der Waals surface area contributed by atoms with Crippen LogP contribution in [-0.4, -0.2) is 53.3 Å². The van der Waals surface area contributed by atoms with Crippen molar-refractivity contribution in [3.63, 3.8) is 0 Å². The predicted octanol–water partition coefficient (Wildman–Crippen LogP) is 3.91. The van der Waals surface area contributed by atoms with Crippen molar-refractivity contribution in [3.8, 4) is 0 Å². The molecule has 1 aliphatic heterocycles. The number of rotatable bonds is 15. The largest absolute Gasteiger partial charge is 0.392 e. The SMILES string of the molecule is C=CCN(C)C[C@H]1C[C@@H](c2ccc(CO)cc2)O[C@@H](c2ccc(CNC(=O)CCCCCC(=O)NO)cc2)O1. The average Bonchev–Trinajstić information content (AvgIpc) is 2.96.